The van der Waals surface area contributed by atoms with Crippen LogP contribution in [-0.2, 0) is 0 Å². The van der Waals surface area contributed by atoms with Gasteiger partial charge in [-0.15, -0.1) is 0 Å². The van der Waals surface area contributed by atoms with Gasteiger partial charge in [-0.25, -0.2) is 4.79 Å². The normalized spacial score (nSPS) is 12.3. The molecule has 8 nitrogen and oxygen atoms in total. The molecule has 1 unspecified atom stereocenters. The summed E-state index contributed by atoms with van der Waals surface area (Å²) in [6.45, 7) is 1.42. The summed E-state index contributed by atoms with van der Waals surface area (Å²) in [5.74, 6) is 0. The minimum absolute atomic E-state index is 0.0175. The lowest BCUT2D eigenvalue weighted by molar-refractivity contribution is -0.680. The number of aliphatic hydroxyl groups is 1. The molecule has 0 aliphatic rings. The monoisotopic (exact) mass is 252 g/mol. The second-order valence-electron chi connectivity index (χ2n) is 3.65. The van der Waals surface area contributed by atoms with E-state index in [0.717, 1.165) is 0 Å². The highest BCUT2D eigenvalue weighted by molar-refractivity contribution is 5.36. The fourth-order valence-corrected chi connectivity index (χ4v) is 1.55. The molecule has 18 heavy (non-hydrogen) atoms. The predicted molar refractivity (Wildman–Crippen MR) is 58.1 cm³/mol. The molecular weight excluding hydrogens is 242 g/mol. The van der Waals surface area contributed by atoms with Crippen LogP contribution in [0, 0.1) is 10.1 Å². The van der Waals surface area contributed by atoms with E-state index in [1.165, 1.54) is 35.9 Å². The lowest BCUT2D eigenvalue weighted by Crippen LogP contribution is -2.39. The van der Waals surface area contributed by atoms with E-state index in [9.17, 15) is 20.0 Å². The van der Waals surface area contributed by atoms with E-state index in [0.29, 0.717) is 5.69 Å². The van der Waals surface area contributed by atoms with Crippen LogP contribution >= 0.6 is 0 Å². The molecule has 0 saturated carbocycles. The first-order chi connectivity index (χ1) is 8.50. The van der Waals surface area contributed by atoms with E-state index in [-0.39, 0.29) is 11.4 Å². The molecular formula is C10H10N3O5+. The van der Waals surface area contributed by atoms with Crippen molar-refractivity contribution >= 4 is 5.69 Å². The molecule has 1 atom stereocenters. The van der Waals surface area contributed by atoms with Gasteiger partial charge in [0.05, 0.1) is 4.92 Å². The Labute approximate surface area is 100 Å². The molecule has 1 heterocycles. The van der Waals surface area contributed by atoms with Crippen LogP contribution in [0.15, 0.2) is 33.6 Å². The molecule has 0 aliphatic heterocycles. The first kappa shape index (κ1) is 12.0. The number of nitrogens with one attached hydrogen (secondary N) is 1. The molecule has 2 aromatic rings. The van der Waals surface area contributed by atoms with Crippen molar-refractivity contribution in [2.45, 2.75) is 13.0 Å². The summed E-state index contributed by atoms with van der Waals surface area (Å²) in [4.78, 5) is 21.3. The Kier molecular flexibility index (Phi) is 2.94. The van der Waals surface area contributed by atoms with Crippen molar-refractivity contribution in [3.8, 4) is 5.69 Å². The molecule has 0 spiro atoms. The smallest absolute Gasteiger partial charge is 0.382 e. The van der Waals surface area contributed by atoms with Gasteiger partial charge in [0.15, 0.2) is 0 Å². The van der Waals surface area contributed by atoms with Crippen LogP contribution in [0.1, 0.15) is 18.7 Å². The number of nitrogens with zero attached hydrogens (tertiary/aromatic N) is 2. The van der Waals surface area contributed by atoms with E-state index in [1.54, 1.807) is 0 Å². The number of nitro benzene ring substituents is 1. The quantitative estimate of drug-likeness (QED) is 0.460. The molecule has 0 aliphatic carbocycles. The zero-order valence-corrected chi connectivity index (χ0v) is 9.36. The van der Waals surface area contributed by atoms with Gasteiger partial charge in [-0.05, 0) is 16.9 Å². The van der Waals surface area contributed by atoms with E-state index < -0.39 is 16.7 Å². The molecule has 1 aromatic carbocycles. The number of nitro groups is 1. The Balaban J connectivity index is 2.49. The Morgan fingerprint density at radius 3 is 2.56 bits per heavy atom. The van der Waals surface area contributed by atoms with Crippen molar-refractivity contribution in [3.63, 3.8) is 0 Å². The van der Waals surface area contributed by atoms with Crippen LogP contribution in [0.4, 0.5) is 5.69 Å². The summed E-state index contributed by atoms with van der Waals surface area (Å²) < 4.78 is 5.81. The van der Waals surface area contributed by atoms with Crippen LogP contribution in [0.3, 0.4) is 0 Å². The predicted octanol–water partition coefficient (Wildman–Crippen LogP) is 0.206. The fourth-order valence-electron chi connectivity index (χ4n) is 1.55. The van der Waals surface area contributed by atoms with E-state index in [1.807, 2.05) is 0 Å². The van der Waals surface area contributed by atoms with Gasteiger partial charge in [-0.1, -0.05) is 0 Å². The van der Waals surface area contributed by atoms with Crippen LogP contribution < -0.4 is 10.3 Å². The number of non-ortho nitro benzene ring substituents is 1. The highest BCUT2D eigenvalue weighted by atomic mass is 16.6. The molecule has 0 fully saturated rings. The zero-order valence-electron chi connectivity index (χ0n) is 9.36. The summed E-state index contributed by atoms with van der Waals surface area (Å²) in [7, 11) is 0. The molecule has 1 aromatic heterocycles. The Morgan fingerprint density at radius 1 is 1.44 bits per heavy atom. The maximum absolute atomic E-state index is 11.3. The van der Waals surface area contributed by atoms with E-state index in [2.05, 4.69) is 9.79 Å². The van der Waals surface area contributed by atoms with Gasteiger partial charge in [0.1, 0.15) is 6.10 Å². The number of aliphatic hydroxyl groups excluding tert-OH is 1. The number of benzene rings is 1. The van der Waals surface area contributed by atoms with Crippen LogP contribution in [0.25, 0.3) is 5.69 Å². The van der Waals surface area contributed by atoms with Crippen molar-refractivity contribution in [2.24, 2.45) is 0 Å². The van der Waals surface area contributed by atoms with Crippen molar-refractivity contribution in [2.75, 3.05) is 0 Å². The van der Waals surface area contributed by atoms with Crippen LogP contribution in [-0.4, -0.2) is 15.3 Å². The Morgan fingerprint density at radius 2 is 2.06 bits per heavy atom. The van der Waals surface area contributed by atoms with E-state index in [4.69, 9.17) is 0 Å². The number of hydrogen-bond donors (Lipinski definition) is 2. The largest absolute Gasteiger partial charge is 0.433 e. The maximum Gasteiger partial charge on any atom is 0.433 e. The third-order valence-corrected chi connectivity index (χ3v) is 2.39. The molecule has 94 valence electrons. The lowest BCUT2D eigenvalue weighted by atomic mass is 10.2. The molecule has 2 N–H and O–H groups in total. The standard InChI is InChI=1S/C10H9N3O5/c1-6(14)9-10(15)18-11-12(9)7-2-4-8(5-3-7)13(16)17/h2-6,14H,1H3/p+1. The average molecular weight is 252 g/mol. The summed E-state index contributed by atoms with van der Waals surface area (Å²) in [5.41, 5.74) is -0.293. The van der Waals surface area contributed by atoms with Gasteiger partial charge in [-0.3, -0.25) is 14.6 Å². The summed E-state index contributed by atoms with van der Waals surface area (Å²) >= 11 is 0. The first-order valence-corrected chi connectivity index (χ1v) is 5.07. The third kappa shape index (κ3) is 2.00. The first-order valence-electron chi connectivity index (χ1n) is 5.07. The Hall–Kier alpha value is -2.48. The number of aromatic nitrogens is 2. The minimum Gasteiger partial charge on any atom is -0.382 e. The van der Waals surface area contributed by atoms with Crippen molar-refractivity contribution in [1.82, 2.24) is 5.27 Å². The van der Waals surface area contributed by atoms with Gasteiger partial charge in [0.2, 0.25) is 5.69 Å². The topological polar surface area (TPSA) is 113 Å². The lowest BCUT2D eigenvalue weighted by Gasteiger charge is -1.96. The second kappa shape index (κ2) is 4.41. The highest BCUT2D eigenvalue weighted by Gasteiger charge is 2.27. The zero-order chi connectivity index (χ0) is 13.3. The minimum atomic E-state index is -1.03. The molecule has 0 radical (unpaired) electrons. The maximum atomic E-state index is 11.3. The SMILES string of the molecule is CC(O)c1c(=O)o[nH][n+]1-c1ccc([N+](=O)[O-])cc1. The number of rotatable bonds is 3. The Bertz CT molecular complexity index is 626. The summed E-state index contributed by atoms with van der Waals surface area (Å²) in [5, 5.41) is 22.3. The van der Waals surface area contributed by atoms with Crippen LogP contribution in [0.2, 0.25) is 0 Å². The summed E-state index contributed by atoms with van der Waals surface area (Å²) in [6.07, 6.45) is -1.03. The van der Waals surface area contributed by atoms with Gasteiger partial charge in [-0.2, -0.15) is 0 Å². The third-order valence-electron chi connectivity index (χ3n) is 2.39. The molecule has 8 heteroatoms. The van der Waals surface area contributed by atoms with Gasteiger partial charge >= 0.3 is 11.3 Å². The van der Waals surface area contributed by atoms with Gasteiger partial charge in [0.25, 0.3) is 5.69 Å². The van der Waals surface area contributed by atoms with Crippen LogP contribution in [0.5, 0.6) is 0 Å². The number of H-pyrrole nitrogens is 1. The highest BCUT2D eigenvalue weighted by Crippen LogP contribution is 2.12. The fraction of sp³-hybridized carbons (Fsp3) is 0.200. The molecule has 0 amide bonds. The molecule has 0 saturated heterocycles. The second-order valence-corrected chi connectivity index (χ2v) is 3.65. The van der Waals surface area contributed by atoms with E-state index >= 15 is 0 Å². The molecule has 2 rings (SSSR count). The number of hydrogen-bond acceptors (Lipinski definition) is 5. The van der Waals surface area contributed by atoms with Crippen molar-refractivity contribution in [1.29, 1.82) is 0 Å². The summed E-state index contributed by atoms with van der Waals surface area (Å²) in [6, 6.07) is 5.46. The van der Waals surface area contributed by atoms with Crippen molar-refractivity contribution in [3.05, 3.63) is 50.5 Å². The van der Waals surface area contributed by atoms with Gasteiger partial charge < -0.3 is 5.11 Å². The molecule has 0 bridgehead atoms. The van der Waals surface area contributed by atoms with Crippen molar-refractivity contribution < 1.29 is 19.2 Å². The average Bonchev–Trinajstić information content (AvgIpc) is 2.71. The number of aromatic amines is 1. The van der Waals surface area contributed by atoms with Gasteiger partial charge in [0, 0.05) is 24.3 Å².